The fraction of sp³-hybridized carbons (Fsp3) is 0.619. The predicted octanol–water partition coefficient (Wildman–Crippen LogP) is 4.89. The minimum Gasteiger partial charge on any atom is -0.352 e. The second-order valence-electron chi connectivity index (χ2n) is 7.31. The molecule has 4 nitrogen and oxygen atoms in total. The van der Waals surface area contributed by atoms with Gasteiger partial charge in [0.25, 0.3) is 0 Å². The van der Waals surface area contributed by atoms with Crippen molar-refractivity contribution < 1.29 is 32.1 Å². The van der Waals surface area contributed by atoms with Crippen LogP contribution in [0.1, 0.15) is 44.5 Å². The van der Waals surface area contributed by atoms with Gasteiger partial charge in [0.15, 0.2) is 30.0 Å². The van der Waals surface area contributed by atoms with Gasteiger partial charge in [-0.15, -0.1) is 0 Å². The summed E-state index contributed by atoms with van der Waals surface area (Å²) < 4.78 is 62.4. The van der Waals surface area contributed by atoms with Crippen molar-refractivity contribution >= 4 is 0 Å². The Hall–Kier alpha value is -1.41. The average molecular weight is 400 g/mol. The van der Waals surface area contributed by atoms with E-state index in [0.29, 0.717) is 32.3 Å². The summed E-state index contributed by atoms with van der Waals surface area (Å²) in [5.74, 6) is -3.55. The minimum atomic E-state index is -1.49. The molecule has 3 rings (SSSR count). The van der Waals surface area contributed by atoms with Gasteiger partial charge in [0, 0.05) is 17.4 Å². The summed E-state index contributed by atoms with van der Waals surface area (Å²) in [6.07, 6.45) is 6.93. The molecule has 0 spiro atoms. The number of allylic oxidation sites excluding steroid dienone is 1. The van der Waals surface area contributed by atoms with Gasteiger partial charge in [0.1, 0.15) is 0 Å². The van der Waals surface area contributed by atoms with E-state index >= 15 is 0 Å². The van der Waals surface area contributed by atoms with Crippen molar-refractivity contribution in [1.82, 2.24) is 0 Å². The third-order valence-corrected chi connectivity index (χ3v) is 4.91. The monoisotopic (exact) mass is 400 g/mol. The van der Waals surface area contributed by atoms with Crippen LogP contribution in [0.4, 0.5) is 13.2 Å². The van der Waals surface area contributed by atoms with Crippen LogP contribution in [-0.4, -0.2) is 32.7 Å². The lowest BCUT2D eigenvalue weighted by Gasteiger charge is -2.32. The highest BCUT2D eigenvalue weighted by molar-refractivity contribution is 5.20. The normalized spacial score (nSPS) is 28.7. The summed E-state index contributed by atoms with van der Waals surface area (Å²) in [4.78, 5) is 0. The van der Waals surface area contributed by atoms with E-state index in [0.717, 1.165) is 37.8 Å². The Balaban J connectivity index is 1.37. The van der Waals surface area contributed by atoms with Crippen LogP contribution in [0, 0.1) is 29.3 Å². The van der Waals surface area contributed by atoms with Gasteiger partial charge in [-0.2, -0.15) is 0 Å². The number of halogens is 3. The first-order valence-corrected chi connectivity index (χ1v) is 9.84. The fourth-order valence-corrected chi connectivity index (χ4v) is 3.28. The summed E-state index contributed by atoms with van der Waals surface area (Å²) in [5, 5.41) is 0. The molecule has 0 aliphatic carbocycles. The van der Waals surface area contributed by atoms with Crippen LogP contribution in [-0.2, 0) is 18.9 Å². The standard InChI is InChI=1S/C21H27F3O4/c1-2-3-4-5-14-10-25-19(26-11-14)7-6-15-12-27-21(28-13-15)16-8-17(22)20(24)18(23)9-16/h4-5,8-9,14-15,19,21H,2-3,6-7,10-13H2,1H3/b5-4+/t14?,15-,19?,21-. The number of hydrogen-bond donors (Lipinski definition) is 0. The number of hydrogen-bond acceptors (Lipinski definition) is 4. The zero-order chi connectivity index (χ0) is 19.9. The molecule has 1 aromatic carbocycles. The van der Waals surface area contributed by atoms with E-state index in [1.165, 1.54) is 0 Å². The van der Waals surface area contributed by atoms with Gasteiger partial charge in [-0.1, -0.05) is 25.5 Å². The van der Waals surface area contributed by atoms with Crippen LogP contribution >= 0.6 is 0 Å². The van der Waals surface area contributed by atoms with Crippen LogP contribution in [0.2, 0.25) is 0 Å². The second-order valence-corrected chi connectivity index (χ2v) is 7.31. The first-order chi connectivity index (χ1) is 13.6. The Kier molecular flexibility index (Phi) is 7.91. The maximum Gasteiger partial charge on any atom is 0.194 e. The maximum atomic E-state index is 13.4. The van der Waals surface area contributed by atoms with Crippen molar-refractivity contribution in [1.29, 1.82) is 0 Å². The topological polar surface area (TPSA) is 36.9 Å². The molecule has 2 heterocycles. The largest absolute Gasteiger partial charge is 0.352 e. The van der Waals surface area contributed by atoms with E-state index in [1.54, 1.807) is 0 Å². The molecule has 0 radical (unpaired) electrons. The van der Waals surface area contributed by atoms with Crippen molar-refractivity contribution in [2.45, 2.75) is 45.2 Å². The minimum absolute atomic E-state index is 0.135. The predicted molar refractivity (Wildman–Crippen MR) is 96.9 cm³/mol. The zero-order valence-electron chi connectivity index (χ0n) is 16.0. The first-order valence-electron chi connectivity index (χ1n) is 9.84. The van der Waals surface area contributed by atoms with E-state index in [2.05, 4.69) is 19.1 Å². The molecule has 0 amide bonds. The summed E-state index contributed by atoms with van der Waals surface area (Å²) in [6.45, 7) is 4.24. The van der Waals surface area contributed by atoms with E-state index in [-0.39, 0.29) is 17.8 Å². The lowest BCUT2D eigenvalue weighted by Crippen LogP contribution is -2.33. The molecule has 0 atom stereocenters. The molecule has 2 fully saturated rings. The van der Waals surface area contributed by atoms with Gasteiger partial charge in [0.05, 0.1) is 26.4 Å². The van der Waals surface area contributed by atoms with Gasteiger partial charge in [0.2, 0.25) is 0 Å². The Morgan fingerprint density at radius 1 is 0.929 bits per heavy atom. The summed E-state index contributed by atoms with van der Waals surface area (Å²) in [5.41, 5.74) is 0.135. The molecule has 0 saturated carbocycles. The van der Waals surface area contributed by atoms with E-state index < -0.39 is 23.7 Å². The Morgan fingerprint density at radius 2 is 1.57 bits per heavy atom. The first kappa shape index (κ1) is 21.3. The number of unbranched alkanes of at least 4 members (excludes halogenated alkanes) is 1. The quantitative estimate of drug-likeness (QED) is 0.482. The molecule has 0 aromatic heterocycles. The SMILES string of the molecule is CCC/C=C/C1COC(CC[C@H]2CO[C@H](c3cc(F)c(F)c(F)c3)OC2)OC1. The van der Waals surface area contributed by atoms with Gasteiger partial charge >= 0.3 is 0 Å². The van der Waals surface area contributed by atoms with Gasteiger partial charge < -0.3 is 18.9 Å². The lowest BCUT2D eigenvalue weighted by atomic mass is 10.0. The summed E-state index contributed by atoms with van der Waals surface area (Å²) >= 11 is 0. The Morgan fingerprint density at radius 3 is 2.18 bits per heavy atom. The highest BCUT2D eigenvalue weighted by Crippen LogP contribution is 2.29. The molecule has 2 aliphatic heterocycles. The van der Waals surface area contributed by atoms with Gasteiger partial charge in [-0.3, -0.25) is 0 Å². The lowest BCUT2D eigenvalue weighted by molar-refractivity contribution is -0.217. The Labute approximate surface area is 163 Å². The van der Waals surface area contributed by atoms with E-state index in [9.17, 15) is 13.2 Å². The van der Waals surface area contributed by atoms with E-state index in [4.69, 9.17) is 18.9 Å². The highest BCUT2D eigenvalue weighted by atomic mass is 19.2. The molecule has 7 heteroatoms. The van der Waals surface area contributed by atoms with Gasteiger partial charge in [-0.25, -0.2) is 13.2 Å². The number of benzene rings is 1. The molecule has 2 aliphatic rings. The van der Waals surface area contributed by atoms with Crippen LogP contribution in [0.5, 0.6) is 0 Å². The molecule has 156 valence electrons. The Bertz CT molecular complexity index is 628. The maximum absolute atomic E-state index is 13.4. The fourth-order valence-electron chi connectivity index (χ4n) is 3.28. The molecule has 0 bridgehead atoms. The summed E-state index contributed by atoms with van der Waals surface area (Å²) in [6, 6.07) is 1.80. The van der Waals surface area contributed by atoms with E-state index in [1.807, 2.05) is 0 Å². The molecule has 1 aromatic rings. The molecule has 2 saturated heterocycles. The molecular formula is C21H27F3O4. The van der Waals surface area contributed by atoms with Crippen LogP contribution in [0.15, 0.2) is 24.3 Å². The summed E-state index contributed by atoms with van der Waals surface area (Å²) in [7, 11) is 0. The van der Waals surface area contributed by atoms with Crippen LogP contribution in [0.3, 0.4) is 0 Å². The smallest absolute Gasteiger partial charge is 0.194 e. The third-order valence-electron chi connectivity index (χ3n) is 4.91. The second kappa shape index (κ2) is 10.4. The molecule has 28 heavy (non-hydrogen) atoms. The van der Waals surface area contributed by atoms with Crippen molar-refractivity contribution in [3.63, 3.8) is 0 Å². The van der Waals surface area contributed by atoms with Crippen molar-refractivity contribution in [3.05, 3.63) is 47.3 Å². The zero-order valence-corrected chi connectivity index (χ0v) is 16.0. The van der Waals surface area contributed by atoms with Crippen molar-refractivity contribution in [2.24, 2.45) is 11.8 Å². The highest BCUT2D eigenvalue weighted by Gasteiger charge is 2.27. The van der Waals surface area contributed by atoms with Gasteiger partial charge in [-0.05, 0) is 31.4 Å². The third kappa shape index (κ3) is 5.80. The van der Waals surface area contributed by atoms with Crippen molar-refractivity contribution in [3.8, 4) is 0 Å². The van der Waals surface area contributed by atoms with Crippen LogP contribution < -0.4 is 0 Å². The molecular weight excluding hydrogens is 373 g/mol. The molecule has 0 unspecified atom stereocenters. The number of rotatable bonds is 7. The average Bonchev–Trinajstić information content (AvgIpc) is 2.71. The molecule has 0 N–H and O–H groups in total. The number of ether oxygens (including phenoxy) is 4. The van der Waals surface area contributed by atoms with Crippen LogP contribution in [0.25, 0.3) is 0 Å². The van der Waals surface area contributed by atoms with Crippen molar-refractivity contribution in [2.75, 3.05) is 26.4 Å².